The molecule has 5 heterocycles. The van der Waals surface area contributed by atoms with Crippen LogP contribution in [0.5, 0.6) is 0 Å². The van der Waals surface area contributed by atoms with Gasteiger partial charge in [-0.3, -0.25) is 19.6 Å². The van der Waals surface area contributed by atoms with Crippen LogP contribution in [0.1, 0.15) is 81.7 Å². The van der Waals surface area contributed by atoms with Crippen molar-refractivity contribution in [2.24, 2.45) is 11.7 Å². The fourth-order valence-electron chi connectivity index (χ4n) is 6.75. The van der Waals surface area contributed by atoms with Crippen molar-refractivity contribution in [3.8, 4) is 10.4 Å². The number of carbonyl (C=O) groups is 2. The number of hydrogen-bond acceptors (Lipinski definition) is 7. The van der Waals surface area contributed by atoms with Gasteiger partial charge in [-0.1, -0.05) is 32.0 Å². The van der Waals surface area contributed by atoms with Gasteiger partial charge < -0.3 is 16.4 Å². The summed E-state index contributed by atoms with van der Waals surface area (Å²) in [5.74, 6) is -0.169. The Balaban J connectivity index is 1.29. The highest BCUT2D eigenvalue weighted by Gasteiger charge is 2.34. The van der Waals surface area contributed by atoms with Gasteiger partial charge in [0, 0.05) is 41.0 Å². The summed E-state index contributed by atoms with van der Waals surface area (Å²) in [6.45, 7) is 4.15. The van der Waals surface area contributed by atoms with Crippen molar-refractivity contribution in [1.29, 1.82) is 0 Å². The van der Waals surface area contributed by atoms with Gasteiger partial charge in [0.05, 0.1) is 33.3 Å². The molecule has 2 atom stereocenters. The van der Waals surface area contributed by atoms with Crippen molar-refractivity contribution in [3.63, 3.8) is 0 Å². The molecule has 0 saturated carbocycles. The average molecular weight is 635 g/mol. The highest BCUT2D eigenvalue weighted by atomic mass is 32.1. The molecule has 1 aromatic carbocycles. The summed E-state index contributed by atoms with van der Waals surface area (Å²) in [4.78, 5) is 42.0. The van der Waals surface area contributed by atoms with E-state index in [-0.39, 0.29) is 29.7 Å². The van der Waals surface area contributed by atoms with E-state index in [1.807, 2.05) is 24.4 Å². The van der Waals surface area contributed by atoms with Crippen LogP contribution in [-0.2, 0) is 25.7 Å². The number of rotatable bonds is 9. The van der Waals surface area contributed by atoms with E-state index in [4.69, 9.17) is 15.7 Å². The van der Waals surface area contributed by atoms with Crippen molar-refractivity contribution >= 4 is 39.1 Å². The van der Waals surface area contributed by atoms with Crippen molar-refractivity contribution in [2.75, 3.05) is 5.32 Å². The first-order valence-corrected chi connectivity index (χ1v) is 16.6. The summed E-state index contributed by atoms with van der Waals surface area (Å²) in [6.07, 6.45) is 7.87. The molecule has 4 aromatic heterocycles. The molecule has 234 valence electrons. The predicted octanol–water partition coefficient (Wildman–Crippen LogP) is 6.58. The van der Waals surface area contributed by atoms with Crippen LogP contribution in [0.3, 0.4) is 0 Å². The Morgan fingerprint density at radius 2 is 1.93 bits per heavy atom. The molecule has 1 aliphatic carbocycles. The molecule has 0 fully saturated rings. The van der Waals surface area contributed by atoms with Gasteiger partial charge in [0.2, 0.25) is 0 Å². The zero-order valence-corrected chi connectivity index (χ0v) is 26.6. The van der Waals surface area contributed by atoms with Gasteiger partial charge in [0.15, 0.2) is 0 Å². The van der Waals surface area contributed by atoms with Gasteiger partial charge in [-0.05, 0) is 84.9 Å². The Hall–Kier alpha value is -4.70. The molecule has 0 radical (unpaired) electrons. The van der Waals surface area contributed by atoms with E-state index in [0.29, 0.717) is 53.8 Å². The molecule has 4 N–H and O–H groups in total. The fourth-order valence-corrected chi connectivity index (χ4v) is 7.92. The molecule has 2 amide bonds. The molecule has 10 heteroatoms. The first-order valence-electron chi connectivity index (χ1n) is 15.7. The van der Waals surface area contributed by atoms with Gasteiger partial charge in [-0.25, -0.2) is 9.37 Å². The number of thiophene rings is 1. The minimum absolute atomic E-state index is 0.0949. The van der Waals surface area contributed by atoms with E-state index in [0.717, 1.165) is 44.9 Å². The largest absolute Gasteiger partial charge is 0.366 e. The van der Waals surface area contributed by atoms with Gasteiger partial charge in [0.25, 0.3) is 11.8 Å². The lowest BCUT2D eigenvalue weighted by molar-refractivity contribution is 0.0922. The Morgan fingerprint density at radius 1 is 1.11 bits per heavy atom. The normalized spacial score (nSPS) is 17.2. The molecule has 0 bridgehead atoms. The SMILES string of the molecule is CC(C)Cc1nc2c(c(-c3cc4ccnc(NC5CCc6ncccc65)c4s3)c1C(N)=O)C(=O)NC(CCc1ccc(F)cc1)C2. The highest BCUT2D eigenvalue weighted by molar-refractivity contribution is 7.22. The molecule has 0 spiro atoms. The fraction of sp³-hybridized carbons (Fsp3) is 0.306. The van der Waals surface area contributed by atoms with Crippen LogP contribution >= 0.6 is 11.3 Å². The van der Waals surface area contributed by atoms with Crippen LogP contribution in [0.15, 0.2) is 60.9 Å². The number of carbonyl (C=O) groups excluding carboxylic acids is 2. The van der Waals surface area contributed by atoms with E-state index in [2.05, 4.69) is 35.5 Å². The monoisotopic (exact) mass is 634 g/mol. The standard InChI is InChI=1S/C36H35FN6O2S/c1-19(2)16-27-30(34(38)44)32(31-28(42-27)18-23(41-36(31)45)10-7-20-5-8-22(37)9-6-20)29-17-21-13-15-40-35(33(21)46-29)43-26-12-11-25-24(26)4-3-14-39-25/h3-6,8-9,13-15,17,19,23,26H,7,10-12,16,18H2,1-2H3,(H2,38,44)(H,40,43)(H,41,45). The lowest BCUT2D eigenvalue weighted by Crippen LogP contribution is -2.43. The second kappa shape index (κ2) is 12.2. The number of hydrogen-bond donors (Lipinski definition) is 3. The highest BCUT2D eigenvalue weighted by Crippen LogP contribution is 2.43. The number of primary amides is 1. The van der Waals surface area contributed by atoms with Crippen LogP contribution in [0, 0.1) is 11.7 Å². The van der Waals surface area contributed by atoms with E-state index in [9.17, 15) is 14.0 Å². The number of nitrogens with zero attached hydrogens (tertiary/aromatic N) is 3. The number of aryl methyl sites for hydroxylation is 2. The summed E-state index contributed by atoms with van der Waals surface area (Å²) in [5, 5.41) is 7.76. The van der Waals surface area contributed by atoms with Crippen molar-refractivity contribution in [2.45, 2.75) is 64.5 Å². The summed E-state index contributed by atoms with van der Waals surface area (Å²) < 4.78 is 14.4. The number of benzene rings is 1. The lowest BCUT2D eigenvalue weighted by atomic mass is 9.87. The van der Waals surface area contributed by atoms with Crippen molar-refractivity contribution < 1.29 is 14.0 Å². The van der Waals surface area contributed by atoms with Crippen LogP contribution in [0.25, 0.3) is 20.5 Å². The molecule has 0 saturated heterocycles. The van der Waals surface area contributed by atoms with Gasteiger partial charge in [-0.2, -0.15) is 0 Å². The Bertz CT molecular complexity index is 1970. The number of amides is 2. The maximum absolute atomic E-state index is 13.9. The number of fused-ring (bicyclic) bond motifs is 3. The number of aromatic nitrogens is 3. The second-order valence-corrected chi connectivity index (χ2v) is 13.6. The third-order valence-corrected chi connectivity index (χ3v) is 10.0. The van der Waals surface area contributed by atoms with E-state index < -0.39 is 5.91 Å². The Labute approximate surface area is 270 Å². The van der Waals surface area contributed by atoms with Crippen LogP contribution < -0.4 is 16.4 Å². The minimum atomic E-state index is -0.601. The zero-order chi connectivity index (χ0) is 31.9. The van der Waals surface area contributed by atoms with E-state index in [1.54, 1.807) is 18.3 Å². The molecule has 1 aliphatic heterocycles. The summed E-state index contributed by atoms with van der Waals surface area (Å²) in [7, 11) is 0. The molecule has 8 nitrogen and oxygen atoms in total. The third kappa shape index (κ3) is 5.73. The molecule has 7 rings (SSSR count). The second-order valence-electron chi connectivity index (χ2n) is 12.6. The molecule has 2 unspecified atom stereocenters. The van der Waals surface area contributed by atoms with Crippen LogP contribution in [0.2, 0.25) is 0 Å². The number of anilines is 1. The molecular formula is C36H35FN6O2S. The number of halogens is 1. The maximum atomic E-state index is 13.9. The summed E-state index contributed by atoms with van der Waals surface area (Å²) in [5.41, 5.74) is 11.9. The number of pyridine rings is 3. The lowest BCUT2D eigenvalue weighted by Gasteiger charge is -2.28. The van der Waals surface area contributed by atoms with Crippen molar-refractivity contribution in [3.05, 3.63) is 106 Å². The Kier molecular flexibility index (Phi) is 7.98. The average Bonchev–Trinajstić information content (AvgIpc) is 3.65. The van der Waals surface area contributed by atoms with E-state index >= 15 is 0 Å². The van der Waals surface area contributed by atoms with Crippen LogP contribution in [0.4, 0.5) is 10.2 Å². The Morgan fingerprint density at radius 3 is 2.72 bits per heavy atom. The topological polar surface area (TPSA) is 123 Å². The smallest absolute Gasteiger partial charge is 0.254 e. The molecule has 46 heavy (non-hydrogen) atoms. The molecule has 2 aliphatic rings. The summed E-state index contributed by atoms with van der Waals surface area (Å²) in [6, 6.07) is 14.4. The van der Waals surface area contributed by atoms with Gasteiger partial charge in [0.1, 0.15) is 11.6 Å². The van der Waals surface area contributed by atoms with Crippen LogP contribution in [-0.4, -0.2) is 32.8 Å². The summed E-state index contributed by atoms with van der Waals surface area (Å²) >= 11 is 1.50. The maximum Gasteiger partial charge on any atom is 0.254 e. The first kappa shape index (κ1) is 30.0. The first-order chi connectivity index (χ1) is 22.2. The quantitative estimate of drug-likeness (QED) is 0.168. The van der Waals surface area contributed by atoms with Gasteiger partial charge >= 0.3 is 0 Å². The third-order valence-electron chi connectivity index (χ3n) is 8.85. The molecular weight excluding hydrogens is 600 g/mol. The predicted molar refractivity (Wildman–Crippen MR) is 179 cm³/mol. The number of nitrogens with two attached hydrogens (primary N) is 1. The number of nitrogens with one attached hydrogen (secondary N) is 2. The zero-order valence-electron chi connectivity index (χ0n) is 25.8. The minimum Gasteiger partial charge on any atom is -0.366 e. The van der Waals surface area contributed by atoms with E-state index in [1.165, 1.54) is 29.0 Å². The molecule has 5 aromatic rings. The van der Waals surface area contributed by atoms with Crippen molar-refractivity contribution in [1.82, 2.24) is 20.3 Å². The van der Waals surface area contributed by atoms with Gasteiger partial charge in [-0.15, -0.1) is 11.3 Å².